The van der Waals surface area contributed by atoms with Crippen LogP contribution < -0.4 is 0 Å². The summed E-state index contributed by atoms with van der Waals surface area (Å²) in [6, 6.07) is 0. The van der Waals surface area contributed by atoms with Crippen molar-refractivity contribution in [3.63, 3.8) is 0 Å². The number of carbonyl (C=O) groups excluding carboxylic acids is 1. The summed E-state index contributed by atoms with van der Waals surface area (Å²) in [6.07, 6.45) is -6.81. The van der Waals surface area contributed by atoms with E-state index in [2.05, 4.69) is 6.58 Å². The second-order valence-electron chi connectivity index (χ2n) is 6.92. The van der Waals surface area contributed by atoms with E-state index in [0.717, 1.165) is 6.26 Å². The lowest BCUT2D eigenvalue weighted by Gasteiger charge is -2.44. The number of carbonyl (C=O) groups is 1. The number of hydrogen-bond donors (Lipinski definition) is 5. The number of rotatable bonds is 5. The molecule has 29 heavy (non-hydrogen) atoms. The normalized spacial score (nSPS) is 42.9. The topological polar surface area (TPSA) is 189 Å². The molecule has 164 valence electrons. The minimum atomic E-state index is -4.66. The van der Waals surface area contributed by atoms with Crippen LogP contribution >= 0.6 is 0 Å². The zero-order valence-electron chi connectivity index (χ0n) is 15.0. The first-order chi connectivity index (χ1) is 13.6. The predicted molar refractivity (Wildman–Crippen MR) is 91.0 cm³/mol. The molecule has 0 spiro atoms. The van der Waals surface area contributed by atoms with Gasteiger partial charge < -0.3 is 39.4 Å². The monoisotopic (exact) mass is 438 g/mol. The Morgan fingerprint density at radius 3 is 2.48 bits per heavy atom. The summed E-state index contributed by atoms with van der Waals surface area (Å²) < 4.78 is 53.0. The van der Waals surface area contributed by atoms with E-state index in [0.29, 0.717) is 0 Å². The summed E-state index contributed by atoms with van der Waals surface area (Å²) in [7, 11) is -4.66. The summed E-state index contributed by atoms with van der Waals surface area (Å²) >= 11 is 0. The van der Waals surface area contributed by atoms with E-state index < -0.39 is 77.0 Å². The van der Waals surface area contributed by atoms with Gasteiger partial charge in [0.15, 0.2) is 6.29 Å². The molecule has 0 aromatic carbocycles. The van der Waals surface area contributed by atoms with Crippen molar-refractivity contribution in [2.24, 2.45) is 11.8 Å². The average molecular weight is 438 g/mol. The lowest BCUT2D eigenvalue weighted by Crippen LogP contribution is -2.60. The van der Waals surface area contributed by atoms with Gasteiger partial charge in [0, 0.05) is 18.3 Å². The first kappa shape index (κ1) is 22.1. The molecule has 2 saturated heterocycles. The van der Waals surface area contributed by atoms with Crippen LogP contribution in [-0.2, 0) is 33.9 Å². The van der Waals surface area contributed by atoms with Crippen molar-refractivity contribution in [2.45, 2.75) is 48.9 Å². The Morgan fingerprint density at radius 2 is 1.90 bits per heavy atom. The van der Waals surface area contributed by atoms with Crippen LogP contribution in [0.4, 0.5) is 0 Å². The second-order valence-corrected chi connectivity index (χ2v) is 8.47. The molecule has 2 fully saturated rings. The highest BCUT2D eigenvalue weighted by Gasteiger charge is 2.50. The molecule has 0 amide bonds. The summed E-state index contributed by atoms with van der Waals surface area (Å²) in [4.78, 5) is 12.1. The number of cyclic esters (lactones) is 1. The van der Waals surface area contributed by atoms with Crippen LogP contribution in [0.15, 0.2) is 24.5 Å². The van der Waals surface area contributed by atoms with E-state index in [4.69, 9.17) is 18.9 Å². The highest BCUT2D eigenvalue weighted by atomic mass is 32.2. The lowest BCUT2D eigenvalue weighted by atomic mass is 9.80. The third-order valence-corrected chi connectivity index (χ3v) is 6.10. The molecule has 3 heterocycles. The maximum absolute atomic E-state index is 12.1. The van der Waals surface area contributed by atoms with Crippen molar-refractivity contribution in [3.05, 3.63) is 24.5 Å². The molecule has 0 radical (unpaired) electrons. The zero-order chi connectivity index (χ0) is 21.5. The fourth-order valence-corrected chi connectivity index (χ4v) is 4.19. The molecule has 0 aromatic heterocycles. The van der Waals surface area contributed by atoms with Crippen molar-refractivity contribution in [1.29, 1.82) is 0 Å². The van der Waals surface area contributed by atoms with E-state index >= 15 is 0 Å². The Balaban J connectivity index is 1.81. The third kappa shape index (κ3) is 4.18. The van der Waals surface area contributed by atoms with E-state index in [1.165, 1.54) is 6.08 Å². The summed E-state index contributed by atoms with van der Waals surface area (Å²) in [5, 5.41) is 39.1. The van der Waals surface area contributed by atoms with Crippen LogP contribution in [0.1, 0.15) is 6.42 Å². The molecule has 3 aliphatic rings. The Labute approximate surface area is 165 Å². The number of aliphatic hydroxyl groups is 4. The van der Waals surface area contributed by atoms with Gasteiger partial charge in [0.2, 0.25) is 11.7 Å². The molecule has 3 aliphatic heterocycles. The van der Waals surface area contributed by atoms with E-state index in [1.807, 2.05) is 0 Å². The molecule has 12 nitrogen and oxygen atoms in total. The van der Waals surface area contributed by atoms with Crippen molar-refractivity contribution >= 4 is 16.1 Å². The van der Waals surface area contributed by atoms with Gasteiger partial charge in [-0.1, -0.05) is 6.08 Å². The molecule has 3 rings (SSSR count). The third-order valence-electron chi connectivity index (χ3n) is 5.15. The lowest BCUT2D eigenvalue weighted by molar-refractivity contribution is -0.339. The average Bonchev–Trinajstić information content (AvgIpc) is 2.67. The van der Waals surface area contributed by atoms with Crippen LogP contribution in [-0.4, -0.2) is 88.4 Å². The highest BCUT2D eigenvalue weighted by Crippen LogP contribution is 2.41. The molecule has 1 unspecified atom stereocenters. The summed E-state index contributed by atoms with van der Waals surface area (Å²) in [5.41, 5.74) is -1.76. The number of ether oxygens (including phenoxy) is 4. The van der Waals surface area contributed by atoms with Crippen molar-refractivity contribution in [1.82, 2.24) is 0 Å². The molecule has 0 bridgehead atoms. The molecule has 13 heteroatoms. The second kappa shape index (κ2) is 8.28. The van der Waals surface area contributed by atoms with Crippen molar-refractivity contribution in [2.75, 3.05) is 6.61 Å². The van der Waals surface area contributed by atoms with Gasteiger partial charge in [0.1, 0.15) is 24.4 Å². The molecular formula is C16H22O12S. The number of esters is 1. The van der Waals surface area contributed by atoms with Crippen molar-refractivity contribution < 1.29 is 57.1 Å². The number of aliphatic hydroxyl groups excluding tert-OH is 4. The van der Waals surface area contributed by atoms with Crippen LogP contribution in [0.5, 0.6) is 0 Å². The first-order valence-corrected chi connectivity index (χ1v) is 10.2. The van der Waals surface area contributed by atoms with Gasteiger partial charge in [-0.05, 0) is 0 Å². The Hall–Kier alpha value is -1.58. The summed E-state index contributed by atoms with van der Waals surface area (Å²) in [6.45, 7) is 2.97. The van der Waals surface area contributed by atoms with Gasteiger partial charge in [-0.3, -0.25) is 4.55 Å². The minimum Gasteiger partial charge on any atom is -0.471 e. The van der Waals surface area contributed by atoms with E-state index in [9.17, 15) is 38.2 Å². The molecule has 9 atom stereocenters. The van der Waals surface area contributed by atoms with Gasteiger partial charge in [0.05, 0.1) is 18.4 Å². The van der Waals surface area contributed by atoms with Crippen LogP contribution in [0.25, 0.3) is 0 Å². The van der Waals surface area contributed by atoms with E-state index in [1.54, 1.807) is 0 Å². The Morgan fingerprint density at radius 1 is 1.21 bits per heavy atom. The number of fused-ring (bicyclic) bond motifs is 1. The smallest absolute Gasteiger partial charge is 0.338 e. The fraction of sp³-hybridized carbons (Fsp3) is 0.688. The van der Waals surface area contributed by atoms with E-state index in [-0.39, 0.29) is 12.0 Å². The highest BCUT2D eigenvalue weighted by molar-refractivity contribution is 7.86. The number of hydrogen-bond acceptors (Lipinski definition) is 11. The zero-order valence-corrected chi connectivity index (χ0v) is 15.8. The van der Waals surface area contributed by atoms with Crippen molar-refractivity contribution in [3.8, 4) is 0 Å². The molecule has 5 N–H and O–H groups in total. The van der Waals surface area contributed by atoms with Crippen LogP contribution in [0.3, 0.4) is 0 Å². The van der Waals surface area contributed by atoms with Crippen LogP contribution in [0.2, 0.25) is 0 Å². The molecule has 0 aromatic rings. The Kier molecular flexibility index (Phi) is 6.31. The first-order valence-electron chi connectivity index (χ1n) is 8.69. The Bertz CT molecular complexity index is 777. The maximum Gasteiger partial charge on any atom is 0.338 e. The molecule has 0 aliphatic carbocycles. The standard InChI is InChI=1S/C16H22O12S/c1-2-6-7-3-10(29(22,23)24)27-14(21)8(7)5-25-15(6)28-16-13(20)12(19)11(18)9(4-17)26-16/h2,5-7,9-13,15-20H,1,3-4H2,(H,22,23,24)/t6-,7+,9-,10?,11-,12+,13-,15+,16+/m1/s1. The van der Waals surface area contributed by atoms with Gasteiger partial charge in [0.25, 0.3) is 0 Å². The van der Waals surface area contributed by atoms with Gasteiger partial charge >= 0.3 is 16.1 Å². The molecular weight excluding hydrogens is 416 g/mol. The van der Waals surface area contributed by atoms with Gasteiger partial charge in [-0.25, -0.2) is 4.79 Å². The fourth-order valence-electron chi connectivity index (χ4n) is 3.53. The maximum atomic E-state index is 12.1. The van der Waals surface area contributed by atoms with Crippen LogP contribution in [0, 0.1) is 11.8 Å². The predicted octanol–water partition coefficient (Wildman–Crippen LogP) is -2.38. The molecule has 0 saturated carbocycles. The van der Waals surface area contributed by atoms with Gasteiger partial charge in [-0.2, -0.15) is 8.42 Å². The quantitative estimate of drug-likeness (QED) is 0.174. The minimum absolute atomic E-state index is 0.0171. The largest absolute Gasteiger partial charge is 0.471 e. The van der Waals surface area contributed by atoms with Gasteiger partial charge in [-0.15, -0.1) is 6.58 Å². The SMILES string of the molecule is C=C[C@H]1[C@H](O[C@@H]2O[C@H](CO)[C@@H](O)[C@H](O)[C@H]2O)OC=C2C(=O)OC(S(=O)(=O)O)C[C@H]21. The summed E-state index contributed by atoms with van der Waals surface area (Å²) in [5.74, 6) is -2.61.